The maximum atomic E-state index is 9.61. The standard InChI is InChI=1S/C18H24O/c1-3-4-5-7-15-8-6-9-16(13-15)17-10-11-18(19)14(2)12-17/h4-6,8,10-12,15-16,19H,3,7,9,13H2,1-2H3/b5-4+/t15?,16-/m0/s1. The summed E-state index contributed by atoms with van der Waals surface area (Å²) < 4.78 is 0. The third kappa shape index (κ3) is 3.73. The van der Waals surface area contributed by atoms with Crippen LogP contribution in [0.25, 0.3) is 0 Å². The third-order valence-electron chi connectivity index (χ3n) is 3.95. The smallest absolute Gasteiger partial charge is 0.118 e. The second-order valence-electron chi connectivity index (χ2n) is 5.52. The zero-order valence-corrected chi connectivity index (χ0v) is 12.0. The van der Waals surface area contributed by atoms with Crippen LogP contribution in [0.1, 0.15) is 49.7 Å². The van der Waals surface area contributed by atoms with Crippen molar-refractivity contribution in [3.8, 4) is 5.75 Å². The van der Waals surface area contributed by atoms with Gasteiger partial charge in [-0.2, -0.15) is 0 Å². The average Bonchev–Trinajstić information content (AvgIpc) is 2.43. The Morgan fingerprint density at radius 2 is 2.16 bits per heavy atom. The number of aromatic hydroxyl groups is 1. The molecule has 1 aliphatic rings. The van der Waals surface area contributed by atoms with Crippen LogP contribution >= 0.6 is 0 Å². The van der Waals surface area contributed by atoms with E-state index in [1.807, 2.05) is 13.0 Å². The monoisotopic (exact) mass is 256 g/mol. The van der Waals surface area contributed by atoms with Gasteiger partial charge in [-0.3, -0.25) is 0 Å². The highest BCUT2D eigenvalue weighted by Gasteiger charge is 2.19. The van der Waals surface area contributed by atoms with Gasteiger partial charge in [0.15, 0.2) is 0 Å². The molecule has 2 rings (SSSR count). The van der Waals surface area contributed by atoms with Gasteiger partial charge in [0.1, 0.15) is 5.75 Å². The predicted molar refractivity (Wildman–Crippen MR) is 81.5 cm³/mol. The molecule has 0 aliphatic heterocycles. The normalized spacial score (nSPS) is 23.1. The van der Waals surface area contributed by atoms with Gasteiger partial charge in [0.2, 0.25) is 0 Å². The summed E-state index contributed by atoms with van der Waals surface area (Å²) in [6.07, 6.45) is 13.9. The minimum absolute atomic E-state index is 0.400. The van der Waals surface area contributed by atoms with Gasteiger partial charge < -0.3 is 5.11 Å². The molecule has 0 heterocycles. The molecule has 1 aromatic carbocycles. The van der Waals surface area contributed by atoms with Crippen molar-refractivity contribution in [2.45, 2.75) is 45.4 Å². The molecular formula is C18H24O. The molecule has 1 aliphatic carbocycles. The first-order chi connectivity index (χ1) is 9.20. The molecule has 102 valence electrons. The van der Waals surface area contributed by atoms with E-state index in [1.165, 1.54) is 12.0 Å². The fourth-order valence-corrected chi connectivity index (χ4v) is 2.79. The van der Waals surface area contributed by atoms with E-state index < -0.39 is 0 Å². The summed E-state index contributed by atoms with van der Waals surface area (Å²) in [7, 11) is 0. The van der Waals surface area contributed by atoms with E-state index in [0.717, 1.165) is 24.8 Å². The van der Waals surface area contributed by atoms with Crippen molar-refractivity contribution in [3.63, 3.8) is 0 Å². The first-order valence-corrected chi connectivity index (χ1v) is 7.32. The highest BCUT2D eigenvalue weighted by molar-refractivity contribution is 5.37. The van der Waals surface area contributed by atoms with Crippen molar-refractivity contribution in [1.82, 2.24) is 0 Å². The summed E-state index contributed by atoms with van der Waals surface area (Å²) in [6.45, 7) is 4.15. The summed E-state index contributed by atoms with van der Waals surface area (Å²) in [4.78, 5) is 0. The van der Waals surface area contributed by atoms with Crippen LogP contribution in [0, 0.1) is 12.8 Å². The summed E-state index contributed by atoms with van der Waals surface area (Å²) >= 11 is 0. The average molecular weight is 256 g/mol. The van der Waals surface area contributed by atoms with Gasteiger partial charge >= 0.3 is 0 Å². The number of benzene rings is 1. The Kier molecular flexibility index (Phi) is 4.84. The topological polar surface area (TPSA) is 20.2 Å². The Balaban J connectivity index is 2.03. The number of phenolic OH excluding ortho intramolecular Hbond substituents is 1. The SMILES string of the molecule is CC/C=C/CC1C=CC[C@H](c2ccc(O)c(C)c2)C1. The van der Waals surface area contributed by atoms with Crippen LogP contribution in [0.3, 0.4) is 0 Å². The number of allylic oxidation sites excluding steroid dienone is 4. The van der Waals surface area contributed by atoms with Gasteiger partial charge in [-0.1, -0.05) is 43.4 Å². The molecule has 0 amide bonds. The Bertz CT molecular complexity index is 471. The molecule has 1 unspecified atom stereocenters. The zero-order valence-electron chi connectivity index (χ0n) is 12.0. The Labute approximate surface area is 116 Å². The van der Waals surface area contributed by atoms with Crippen molar-refractivity contribution in [2.24, 2.45) is 5.92 Å². The van der Waals surface area contributed by atoms with Crippen LogP contribution in [-0.4, -0.2) is 5.11 Å². The number of hydrogen-bond acceptors (Lipinski definition) is 1. The van der Waals surface area contributed by atoms with Crippen LogP contribution in [0.5, 0.6) is 5.75 Å². The van der Waals surface area contributed by atoms with Gasteiger partial charge in [-0.15, -0.1) is 0 Å². The van der Waals surface area contributed by atoms with Crippen molar-refractivity contribution >= 4 is 0 Å². The minimum atomic E-state index is 0.400. The molecule has 1 heteroatoms. The van der Waals surface area contributed by atoms with Crippen LogP contribution in [0.4, 0.5) is 0 Å². The third-order valence-corrected chi connectivity index (χ3v) is 3.95. The molecule has 0 saturated heterocycles. The first-order valence-electron chi connectivity index (χ1n) is 7.32. The maximum absolute atomic E-state index is 9.61. The second-order valence-corrected chi connectivity index (χ2v) is 5.52. The van der Waals surface area contributed by atoms with E-state index >= 15 is 0 Å². The van der Waals surface area contributed by atoms with Gasteiger partial charge in [0.05, 0.1) is 0 Å². The van der Waals surface area contributed by atoms with E-state index in [1.54, 1.807) is 0 Å². The van der Waals surface area contributed by atoms with Crippen LogP contribution < -0.4 is 0 Å². The predicted octanol–water partition coefficient (Wildman–Crippen LogP) is 5.11. The van der Waals surface area contributed by atoms with E-state index in [0.29, 0.717) is 17.6 Å². The van der Waals surface area contributed by atoms with E-state index in [4.69, 9.17) is 0 Å². The Morgan fingerprint density at radius 3 is 2.89 bits per heavy atom. The van der Waals surface area contributed by atoms with E-state index in [2.05, 4.69) is 43.4 Å². The van der Waals surface area contributed by atoms with Gasteiger partial charge in [-0.25, -0.2) is 0 Å². The lowest BCUT2D eigenvalue weighted by molar-refractivity contribution is 0.467. The fourth-order valence-electron chi connectivity index (χ4n) is 2.79. The summed E-state index contributed by atoms with van der Waals surface area (Å²) in [5, 5.41) is 9.61. The lowest BCUT2D eigenvalue weighted by atomic mass is 9.80. The largest absolute Gasteiger partial charge is 0.508 e. The molecule has 0 bridgehead atoms. The molecule has 0 saturated carbocycles. The van der Waals surface area contributed by atoms with Crippen LogP contribution in [0.15, 0.2) is 42.5 Å². The van der Waals surface area contributed by atoms with Gasteiger partial charge in [-0.05, 0) is 61.6 Å². The zero-order chi connectivity index (χ0) is 13.7. The highest BCUT2D eigenvalue weighted by atomic mass is 16.3. The lowest BCUT2D eigenvalue weighted by Crippen LogP contribution is -2.09. The molecule has 1 N–H and O–H groups in total. The summed E-state index contributed by atoms with van der Waals surface area (Å²) in [5.74, 6) is 1.66. The molecule has 0 aromatic heterocycles. The number of rotatable bonds is 4. The molecule has 2 atom stereocenters. The lowest BCUT2D eigenvalue weighted by Gasteiger charge is -2.25. The van der Waals surface area contributed by atoms with Gasteiger partial charge in [0.25, 0.3) is 0 Å². The van der Waals surface area contributed by atoms with Crippen LogP contribution in [-0.2, 0) is 0 Å². The molecular weight excluding hydrogens is 232 g/mol. The molecule has 1 nitrogen and oxygen atoms in total. The number of phenols is 1. The first kappa shape index (κ1) is 13.9. The van der Waals surface area contributed by atoms with Crippen molar-refractivity contribution < 1.29 is 5.11 Å². The quantitative estimate of drug-likeness (QED) is 0.742. The molecule has 0 spiro atoms. The minimum Gasteiger partial charge on any atom is -0.508 e. The van der Waals surface area contributed by atoms with Crippen molar-refractivity contribution in [1.29, 1.82) is 0 Å². The summed E-state index contributed by atoms with van der Waals surface area (Å²) in [6, 6.07) is 6.04. The molecule has 1 aromatic rings. The molecule has 19 heavy (non-hydrogen) atoms. The highest BCUT2D eigenvalue weighted by Crippen LogP contribution is 2.35. The fraction of sp³-hybridized carbons (Fsp3) is 0.444. The number of hydrogen-bond donors (Lipinski definition) is 1. The van der Waals surface area contributed by atoms with E-state index in [-0.39, 0.29) is 0 Å². The van der Waals surface area contributed by atoms with E-state index in [9.17, 15) is 5.11 Å². The summed E-state index contributed by atoms with van der Waals surface area (Å²) in [5.41, 5.74) is 2.35. The molecule has 0 radical (unpaired) electrons. The van der Waals surface area contributed by atoms with Crippen LogP contribution in [0.2, 0.25) is 0 Å². The van der Waals surface area contributed by atoms with Crippen molar-refractivity contribution in [3.05, 3.63) is 53.6 Å². The van der Waals surface area contributed by atoms with Gasteiger partial charge in [0, 0.05) is 0 Å². The second kappa shape index (κ2) is 6.60. The molecule has 0 fully saturated rings. The Hall–Kier alpha value is -1.50. The Morgan fingerprint density at radius 1 is 1.32 bits per heavy atom. The maximum Gasteiger partial charge on any atom is 0.118 e. The van der Waals surface area contributed by atoms with Crippen molar-refractivity contribution in [2.75, 3.05) is 0 Å². The number of aryl methyl sites for hydroxylation is 1.